The molecule has 2 rings (SSSR count). The van der Waals surface area contributed by atoms with E-state index in [-0.39, 0.29) is 5.91 Å². The van der Waals surface area contributed by atoms with Gasteiger partial charge in [0.25, 0.3) is 5.91 Å². The molecule has 0 saturated heterocycles. The third-order valence-electron chi connectivity index (χ3n) is 2.81. The van der Waals surface area contributed by atoms with Crippen molar-refractivity contribution in [1.82, 2.24) is 0 Å². The first-order valence-corrected chi connectivity index (χ1v) is 7.74. The van der Waals surface area contributed by atoms with Gasteiger partial charge in [-0.05, 0) is 52.2 Å². The Labute approximate surface area is 129 Å². The Bertz CT molecular complexity index is 594. The zero-order valence-electron chi connectivity index (χ0n) is 10.4. The highest BCUT2D eigenvalue weighted by atomic mass is 79.9. The van der Waals surface area contributed by atoms with E-state index in [4.69, 9.17) is 0 Å². The number of alkyl halides is 1. The van der Waals surface area contributed by atoms with Crippen molar-refractivity contribution in [2.75, 3.05) is 5.32 Å². The lowest BCUT2D eigenvalue weighted by Crippen LogP contribution is -2.12. The number of carbonyl (C=O) groups is 1. The minimum Gasteiger partial charge on any atom is -0.321 e. The van der Waals surface area contributed by atoms with E-state index < -0.39 is 0 Å². The molecule has 0 aliphatic heterocycles. The zero-order valence-corrected chi connectivity index (χ0v) is 13.6. The van der Waals surface area contributed by atoms with Gasteiger partial charge in [0.05, 0.1) is 5.69 Å². The minimum atomic E-state index is -0.104. The number of amides is 1. The van der Waals surface area contributed by atoms with Gasteiger partial charge in [0.15, 0.2) is 0 Å². The van der Waals surface area contributed by atoms with Crippen molar-refractivity contribution in [1.29, 1.82) is 0 Å². The normalized spacial score (nSPS) is 10.3. The molecule has 0 bridgehead atoms. The Balaban J connectivity index is 2.18. The first-order valence-electron chi connectivity index (χ1n) is 5.83. The molecule has 0 spiro atoms. The average molecular weight is 383 g/mol. The van der Waals surface area contributed by atoms with Crippen LogP contribution in [0.15, 0.2) is 46.9 Å². The lowest BCUT2D eigenvalue weighted by atomic mass is 10.1. The van der Waals surface area contributed by atoms with Gasteiger partial charge in [-0.25, -0.2) is 0 Å². The molecule has 0 unspecified atom stereocenters. The highest BCUT2D eigenvalue weighted by Gasteiger charge is 2.09. The third kappa shape index (κ3) is 3.45. The Kier molecular flexibility index (Phi) is 4.77. The lowest BCUT2D eigenvalue weighted by molar-refractivity contribution is 0.102. The second-order valence-corrected chi connectivity index (χ2v) is 5.57. The maximum Gasteiger partial charge on any atom is 0.255 e. The molecular weight excluding hydrogens is 370 g/mol. The number of anilines is 1. The van der Waals surface area contributed by atoms with E-state index in [1.54, 1.807) is 0 Å². The SMILES string of the molecule is Cc1cccc(NC(=O)c2ccc(CBr)cc2)c1Br. The topological polar surface area (TPSA) is 29.1 Å². The summed E-state index contributed by atoms with van der Waals surface area (Å²) in [6, 6.07) is 13.3. The van der Waals surface area contributed by atoms with Gasteiger partial charge in [0.1, 0.15) is 0 Å². The molecule has 98 valence electrons. The summed E-state index contributed by atoms with van der Waals surface area (Å²) < 4.78 is 0.917. The number of rotatable bonds is 3. The molecular formula is C15H13Br2NO. The Morgan fingerprint density at radius 1 is 1.16 bits per heavy atom. The summed E-state index contributed by atoms with van der Waals surface area (Å²) in [6.07, 6.45) is 0. The maximum absolute atomic E-state index is 12.1. The van der Waals surface area contributed by atoms with Gasteiger partial charge in [-0.1, -0.05) is 40.2 Å². The number of aryl methyl sites for hydroxylation is 1. The standard InChI is InChI=1S/C15H13Br2NO/c1-10-3-2-4-13(14(10)17)18-15(19)12-7-5-11(9-16)6-8-12/h2-8H,9H2,1H3,(H,18,19). The Morgan fingerprint density at radius 3 is 2.47 bits per heavy atom. The monoisotopic (exact) mass is 381 g/mol. The fourth-order valence-corrected chi connectivity index (χ4v) is 2.42. The van der Waals surface area contributed by atoms with Gasteiger partial charge in [-0.2, -0.15) is 0 Å². The number of halogens is 2. The molecule has 0 atom stereocenters. The molecule has 0 saturated carbocycles. The van der Waals surface area contributed by atoms with Crippen LogP contribution in [0, 0.1) is 6.92 Å². The van der Waals surface area contributed by atoms with E-state index in [1.807, 2.05) is 49.4 Å². The molecule has 19 heavy (non-hydrogen) atoms. The van der Waals surface area contributed by atoms with Gasteiger partial charge in [-0.15, -0.1) is 0 Å². The summed E-state index contributed by atoms with van der Waals surface area (Å²) in [7, 11) is 0. The van der Waals surface area contributed by atoms with Crippen LogP contribution in [-0.2, 0) is 5.33 Å². The minimum absolute atomic E-state index is 0.104. The van der Waals surface area contributed by atoms with E-state index in [2.05, 4.69) is 37.2 Å². The zero-order chi connectivity index (χ0) is 13.8. The molecule has 0 heterocycles. The van der Waals surface area contributed by atoms with Gasteiger partial charge >= 0.3 is 0 Å². The largest absolute Gasteiger partial charge is 0.321 e. The summed E-state index contributed by atoms with van der Waals surface area (Å²) in [5.74, 6) is -0.104. The first-order chi connectivity index (χ1) is 9.11. The molecule has 2 aromatic rings. The summed E-state index contributed by atoms with van der Waals surface area (Å²) >= 11 is 6.87. The molecule has 0 radical (unpaired) electrons. The Morgan fingerprint density at radius 2 is 1.84 bits per heavy atom. The summed E-state index contributed by atoms with van der Waals surface area (Å²) in [6.45, 7) is 1.99. The molecule has 2 nitrogen and oxygen atoms in total. The van der Waals surface area contributed by atoms with Gasteiger partial charge in [0, 0.05) is 15.4 Å². The maximum atomic E-state index is 12.1. The van der Waals surface area contributed by atoms with Gasteiger partial charge in [-0.3, -0.25) is 4.79 Å². The van der Waals surface area contributed by atoms with Gasteiger partial charge in [0.2, 0.25) is 0 Å². The van der Waals surface area contributed by atoms with Crippen LogP contribution in [-0.4, -0.2) is 5.91 Å². The van der Waals surface area contributed by atoms with Crippen LogP contribution in [0.25, 0.3) is 0 Å². The van der Waals surface area contributed by atoms with Crippen LogP contribution in [0.2, 0.25) is 0 Å². The van der Waals surface area contributed by atoms with Crippen molar-refractivity contribution >= 4 is 43.5 Å². The molecule has 4 heteroatoms. The predicted octanol–water partition coefficient (Wildman–Crippen LogP) is 4.90. The van der Waals surface area contributed by atoms with Crippen molar-refractivity contribution in [2.24, 2.45) is 0 Å². The second-order valence-electron chi connectivity index (χ2n) is 4.22. The molecule has 0 fully saturated rings. The lowest BCUT2D eigenvalue weighted by Gasteiger charge is -2.09. The summed E-state index contributed by atoms with van der Waals surface area (Å²) in [5.41, 5.74) is 3.67. The van der Waals surface area contributed by atoms with E-state index in [1.165, 1.54) is 0 Å². The molecule has 1 amide bonds. The molecule has 2 aromatic carbocycles. The van der Waals surface area contributed by atoms with Crippen molar-refractivity contribution in [3.05, 3.63) is 63.6 Å². The number of hydrogen-bond acceptors (Lipinski definition) is 1. The predicted molar refractivity (Wildman–Crippen MR) is 85.9 cm³/mol. The van der Waals surface area contributed by atoms with Crippen LogP contribution in [0.4, 0.5) is 5.69 Å². The highest BCUT2D eigenvalue weighted by molar-refractivity contribution is 9.10. The van der Waals surface area contributed by atoms with Crippen LogP contribution >= 0.6 is 31.9 Å². The van der Waals surface area contributed by atoms with Crippen molar-refractivity contribution < 1.29 is 4.79 Å². The van der Waals surface area contributed by atoms with Crippen LogP contribution in [0.5, 0.6) is 0 Å². The van der Waals surface area contributed by atoms with Crippen LogP contribution in [0.1, 0.15) is 21.5 Å². The third-order valence-corrected chi connectivity index (χ3v) is 4.51. The van der Waals surface area contributed by atoms with Gasteiger partial charge < -0.3 is 5.32 Å². The number of benzene rings is 2. The fraction of sp³-hybridized carbons (Fsp3) is 0.133. The van der Waals surface area contributed by atoms with Crippen molar-refractivity contribution in [3.63, 3.8) is 0 Å². The van der Waals surface area contributed by atoms with Crippen LogP contribution < -0.4 is 5.32 Å². The first kappa shape index (κ1) is 14.3. The van der Waals surface area contributed by atoms with E-state index in [0.717, 1.165) is 26.6 Å². The summed E-state index contributed by atoms with van der Waals surface area (Å²) in [4.78, 5) is 12.1. The quantitative estimate of drug-likeness (QED) is 0.751. The summed E-state index contributed by atoms with van der Waals surface area (Å²) in [5, 5.41) is 3.70. The van der Waals surface area contributed by atoms with Crippen molar-refractivity contribution in [2.45, 2.75) is 12.3 Å². The second kappa shape index (κ2) is 6.35. The van der Waals surface area contributed by atoms with E-state index in [9.17, 15) is 4.79 Å². The fourth-order valence-electron chi connectivity index (χ4n) is 1.68. The number of carbonyl (C=O) groups excluding carboxylic acids is 1. The van der Waals surface area contributed by atoms with E-state index in [0.29, 0.717) is 5.56 Å². The molecule has 1 N–H and O–H groups in total. The smallest absolute Gasteiger partial charge is 0.255 e. The Hall–Kier alpha value is -1.13. The molecule has 0 aromatic heterocycles. The van der Waals surface area contributed by atoms with Crippen LogP contribution in [0.3, 0.4) is 0 Å². The average Bonchev–Trinajstić information content (AvgIpc) is 2.44. The number of nitrogens with one attached hydrogen (secondary N) is 1. The highest BCUT2D eigenvalue weighted by Crippen LogP contribution is 2.26. The molecule has 0 aliphatic rings. The van der Waals surface area contributed by atoms with Crippen molar-refractivity contribution in [3.8, 4) is 0 Å². The number of hydrogen-bond donors (Lipinski definition) is 1. The van der Waals surface area contributed by atoms with E-state index >= 15 is 0 Å². The molecule has 0 aliphatic carbocycles.